The van der Waals surface area contributed by atoms with Gasteiger partial charge in [-0.15, -0.1) is 0 Å². The van der Waals surface area contributed by atoms with Crippen LogP contribution in [0.15, 0.2) is 29.6 Å². The Morgan fingerprint density at radius 2 is 2.04 bits per heavy atom. The summed E-state index contributed by atoms with van der Waals surface area (Å²) in [5.74, 6) is 0.200. The molecule has 2 heterocycles. The van der Waals surface area contributed by atoms with E-state index in [4.69, 9.17) is 0 Å². The fraction of sp³-hybridized carbons (Fsp3) is 0.333. The van der Waals surface area contributed by atoms with E-state index >= 15 is 0 Å². The fourth-order valence-electron chi connectivity index (χ4n) is 2.48. The second kappa shape index (κ2) is 6.62. The first-order valence-corrected chi connectivity index (χ1v) is 8.99. The van der Waals surface area contributed by atoms with E-state index in [9.17, 15) is 13.2 Å². The van der Waals surface area contributed by atoms with Gasteiger partial charge in [0.1, 0.15) is 5.82 Å². The van der Waals surface area contributed by atoms with Crippen LogP contribution in [0.2, 0.25) is 0 Å². The minimum atomic E-state index is -3.61. The molecule has 0 bridgehead atoms. The average molecular weight is 347 g/mol. The van der Waals surface area contributed by atoms with Gasteiger partial charge in [-0.25, -0.2) is 28.1 Å². The number of carbonyl (C=O) groups excluding carboxylic acids is 1. The molecule has 0 aliphatic heterocycles. The first-order chi connectivity index (χ1) is 11.5. The van der Waals surface area contributed by atoms with Gasteiger partial charge in [-0.1, -0.05) is 0 Å². The van der Waals surface area contributed by atoms with Gasteiger partial charge in [-0.05, 0) is 44.0 Å². The zero-order chi connectivity index (χ0) is 17.2. The molecule has 9 heteroatoms. The Morgan fingerprint density at radius 1 is 1.21 bits per heavy atom. The summed E-state index contributed by atoms with van der Waals surface area (Å²) in [6.07, 6.45) is 6.09. The van der Waals surface area contributed by atoms with Gasteiger partial charge < -0.3 is 5.32 Å². The summed E-state index contributed by atoms with van der Waals surface area (Å²) >= 11 is 0. The molecule has 1 amide bonds. The Morgan fingerprint density at radius 3 is 2.75 bits per heavy atom. The monoisotopic (exact) mass is 347 g/mol. The van der Waals surface area contributed by atoms with Crippen LogP contribution in [0, 0.1) is 0 Å². The summed E-state index contributed by atoms with van der Waals surface area (Å²) in [6.45, 7) is 0.211. The van der Waals surface area contributed by atoms with E-state index < -0.39 is 10.0 Å². The normalized spacial score (nSPS) is 13.5. The molecule has 1 aliphatic carbocycles. The Bertz CT molecular complexity index is 865. The van der Waals surface area contributed by atoms with Crippen LogP contribution in [0.1, 0.15) is 33.9 Å². The van der Waals surface area contributed by atoms with Crippen molar-refractivity contribution in [2.24, 2.45) is 0 Å². The molecule has 24 heavy (non-hydrogen) atoms. The smallest absolute Gasteiger partial charge is 0.257 e. The molecule has 0 unspecified atom stereocenters. The lowest BCUT2D eigenvalue weighted by Crippen LogP contribution is -2.25. The first kappa shape index (κ1) is 16.5. The van der Waals surface area contributed by atoms with Crippen molar-refractivity contribution in [1.82, 2.24) is 25.0 Å². The van der Waals surface area contributed by atoms with Crippen molar-refractivity contribution < 1.29 is 13.2 Å². The van der Waals surface area contributed by atoms with E-state index in [-0.39, 0.29) is 23.0 Å². The maximum Gasteiger partial charge on any atom is 0.257 e. The van der Waals surface area contributed by atoms with Gasteiger partial charge in [0.05, 0.1) is 12.1 Å². The number of aromatic nitrogens is 3. The van der Waals surface area contributed by atoms with Gasteiger partial charge in [-0.3, -0.25) is 4.79 Å². The summed E-state index contributed by atoms with van der Waals surface area (Å²) in [5.41, 5.74) is 2.50. The molecule has 0 radical (unpaired) electrons. The predicted molar refractivity (Wildman–Crippen MR) is 85.7 cm³/mol. The topological polar surface area (TPSA) is 114 Å². The molecule has 8 nitrogen and oxygen atoms in total. The maximum atomic E-state index is 12.1. The predicted octanol–water partition coefficient (Wildman–Crippen LogP) is 0.198. The van der Waals surface area contributed by atoms with Gasteiger partial charge in [0.25, 0.3) is 15.9 Å². The maximum absolute atomic E-state index is 12.1. The van der Waals surface area contributed by atoms with Crippen molar-refractivity contribution in [1.29, 1.82) is 0 Å². The highest BCUT2D eigenvalue weighted by Crippen LogP contribution is 2.18. The number of nitrogens with zero attached hydrogens (tertiary/aromatic N) is 3. The number of fused-ring (bicyclic) bond motifs is 1. The minimum Gasteiger partial charge on any atom is -0.345 e. The van der Waals surface area contributed by atoms with Crippen LogP contribution in [0.25, 0.3) is 0 Å². The van der Waals surface area contributed by atoms with Crippen LogP contribution in [0.5, 0.6) is 0 Å². The van der Waals surface area contributed by atoms with E-state index in [1.54, 1.807) is 0 Å². The number of hydrogen-bond acceptors (Lipinski definition) is 6. The van der Waals surface area contributed by atoms with Gasteiger partial charge in [0.2, 0.25) is 0 Å². The number of carbonyl (C=O) groups is 1. The minimum absolute atomic E-state index is 0.136. The van der Waals surface area contributed by atoms with Gasteiger partial charge in [0.15, 0.2) is 5.03 Å². The fourth-order valence-corrected chi connectivity index (χ4v) is 3.13. The average Bonchev–Trinajstić information content (AvgIpc) is 3.07. The van der Waals surface area contributed by atoms with Gasteiger partial charge in [0, 0.05) is 18.1 Å². The lowest BCUT2D eigenvalue weighted by atomic mass is 10.2. The molecule has 3 rings (SSSR count). The zero-order valence-corrected chi connectivity index (χ0v) is 13.9. The SMILES string of the molecule is CNS(=O)(=O)c1ccc(C(=O)NCc2ncc3c(n2)CCC3)cn1. The highest BCUT2D eigenvalue weighted by molar-refractivity contribution is 7.89. The van der Waals surface area contributed by atoms with Crippen molar-refractivity contribution >= 4 is 15.9 Å². The molecule has 0 saturated carbocycles. The summed E-state index contributed by atoms with van der Waals surface area (Å²) in [4.78, 5) is 24.6. The van der Waals surface area contributed by atoms with Crippen LogP contribution in [-0.4, -0.2) is 36.3 Å². The van der Waals surface area contributed by atoms with Crippen LogP contribution in [0.4, 0.5) is 0 Å². The van der Waals surface area contributed by atoms with Crippen LogP contribution < -0.4 is 10.0 Å². The number of rotatable bonds is 5. The number of aryl methyl sites for hydroxylation is 2. The number of amides is 1. The first-order valence-electron chi connectivity index (χ1n) is 7.51. The second-order valence-corrected chi connectivity index (χ2v) is 7.22. The van der Waals surface area contributed by atoms with Crippen LogP contribution in [-0.2, 0) is 29.4 Å². The number of hydrogen-bond donors (Lipinski definition) is 2. The van der Waals surface area contributed by atoms with Gasteiger partial charge >= 0.3 is 0 Å². The summed E-state index contributed by atoms with van der Waals surface area (Å²) in [7, 11) is -2.31. The van der Waals surface area contributed by atoms with E-state index in [0.717, 1.165) is 25.0 Å². The van der Waals surface area contributed by atoms with E-state index in [2.05, 4.69) is 25.0 Å². The van der Waals surface area contributed by atoms with Crippen molar-refractivity contribution in [2.45, 2.75) is 30.8 Å². The highest BCUT2D eigenvalue weighted by atomic mass is 32.2. The highest BCUT2D eigenvalue weighted by Gasteiger charge is 2.16. The second-order valence-electron chi connectivity index (χ2n) is 5.39. The molecular weight excluding hydrogens is 330 g/mol. The lowest BCUT2D eigenvalue weighted by molar-refractivity contribution is 0.0949. The molecule has 2 N–H and O–H groups in total. The Kier molecular flexibility index (Phi) is 4.54. The quantitative estimate of drug-likeness (QED) is 0.798. The Balaban J connectivity index is 1.65. The largest absolute Gasteiger partial charge is 0.345 e. The molecule has 0 atom stereocenters. The summed E-state index contributed by atoms with van der Waals surface area (Å²) in [5, 5.41) is 2.57. The third kappa shape index (κ3) is 3.41. The molecule has 2 aromatic rings. The molecule has 0 spiro atoms. The Labute approximate surface area is 139 Å². The molecule has 0 aromatic carbocycles. The standard InChI is InChI=1S/C15H17N5O3S/c1-16-24(22,23)14-6-5-11(8-18-14)15(21)19-9-13-17-7-10-3-2-4-12(10)20-13/h5-8,16H,2-4,9H2,1H3,(H,19,21). The third-order valence-electron chi connectivity index (χ3n) is 3.81. The van der Waals surface area contributed by atoms with Crippen LogP contribution >= 0.6 is 0 Å². The van der Waals surface area contributed by atoms with Crippen molar-refractivity contribution in [2.75, 3.05) is 7.05 Å². The molecule has 2 aromatic heterocycles. The van der Waals surface area contributed by atoms with Crippen molar-refractivity contribution in [3.05, 3.63) is 47.2 Å². The number of pyridine rings is 1. The van der Waals surface area contributed by atoms with E-state index in [0.29, 0.717) is 5.82 Å². The summed E-state index contributed by atoms with van der Waals surface area (Å²) < 4.78 is 25.4. The van der Waals surface area contributed by atoms with Crippen molar-refractivity contribution in [3.63, 3.8) is 0 Å². The van der Waals surface area contributed by atoms with Crippen molar-refractivity contribution in [3.8, 4) is 0 Å². The van der Waals surface area contributed by atoms with Gasteiger partial charge in [-0.2, -0.15) is 0 Å². The number of nitrogens with one attached hydrogen (secondary N) is 2. The number of sulfonamides is 1. The molecule has 0 fully saturated rings. The lowest BCUT2D eigenvalue weighted by Gasteiger charge is -2.06. The van der Waals surface area contributed by atoms with E-state index in [1.165, 1.54) is 30.9 Å². The molecule has 126 valence electrons. The molecule has 0 saturated heterocycles. The molecular formula is C15H17N5O3S. The third-order valence-corrected chi connectivity index (χ3v) is 5.14. The van der Waals surface area contributed by atoms with E-state index in [1.807, 2.05) is 6.20 Å². The molecule has 1 aliphatic rings. The Hall–Kier alpha value is -2.39. The zero-order valence-electron chi connectivity index (χ0n) is 13.1. The van der Waals surface area contributed by atoms with Crippen LogP contribution in [0.3, 0.4) is 0 Å². The summed E-state index contributed by atoms with van der Waals surface area (Å²) in [6, 6.07) is 2.70.